The molecule has 0 aliphatic carbocycles. The fraction of sp³-hybridized carbons (Fsp3) is 0.0714. The molecule has 106 valence electrons. The second-order valence-corrected chi connectivity index (χ2v) is 5.35. The van der Waals surface area contributed by atoms with E-state index in [9.17, 15) is 0 Å². The van der Waals surface area contributed by atoms with E-state index in [1.807, 2.05) is 37.4 Å². The number of hydrogen-bond donors (Lipinski definition) is 1. The largest absolute Gasteiger partial charge is 0.368 e. The highest BCUT2D eigenvalue weighted by Gasteiger charge is 2.03. The number of benzene rings is 1. The summed E-state index contributed by atoms with van der Waals surface area (Å²) in [6.07, 6.45) is 7.14. The molecule has 3 rings (SSSR count). The van der Waals surface area contributed by atoms with Gasteiger partial charge in [0.05, 0.1) is 23.8 Å². The molecule has 0 radical (unpaired) electrons. The molecule has 2 N–H and O–H groups in total. The summed E-state index contributed by atoms with van der Waals surface area (Å²) in [5, 5.41) is 8.50. The Labute approximate surface area is 130 Å². The molecule has 2 heterocycles. The van der Waals surface area contributed by atoms with Gasteiger partial charge in [-0.2, -0.15) is 10.2 Å². The first-order valence-corrected chi connectivity index (χ1v) is 7.08. The third kappa shape index (κ3) is 2.87. The molecule has 1 aromatic carbocycles. The number of nitrogens with zero attached hydrogens (tertiary/aromatic N) is 5. The highest BCUT2D eigenvalue weighted by Crippen LogP contribution is 2.21. The van der Waals surface area contributed by atoms with Crippen LogP contribution in [0.25, 0.3) is 5.69 Å². The number of nitrogen functional groups attached to an aromatic ring is 1. The van der Waals surface area contributed by atoms with Gasteiger partial charge in [-0.05, 0) is 46.6 Å². The van der Waals surface area contributed by atoms with Crippen LogP contribution in [0.4, 0.5) is 5.95 Å². The predicted octanol–water partition coefficient (Wildman–Crippen LogP) is 2.60. The molecule has 7 heteroatoms. The Morgan fingerprint density at radius 2 is 2.24 bits per heavy atom. The SMILES string of the molecule is Cc1cn(N=Cc2ccc(-n3cccn3)c(Br)c2)c(N)n1. The molecule has 2 aromatic heterocycles. The van der Waals surface area contributed by atoms with Crippen LogP contribution in [0.15, 0.2) is 52.4 Å². The minimum Gasteiger partial charge on any atom is -0.368 e. The summed E-state index contributed by atoms with van der Waals surface area (Å²) >= 11 is 3.55. The minimum absolute atomic E-state index is 0.371. The van der Waals surface area contributed by atoms with Crippen molar-refractivity contribution in [1.29, 1.82) is 0 Å². The average Bonchev–Trinajstić information content (AvgIpc) is 3.06. The molecule has 0 fully saturated rings. The third-order valence-electron chi connectivity index (χ3n) is 2.89. The van der Waals surface area contributed by atoms with E-state index in [4.69, 9.17) is 5.73 Å². The maximum absolute atomic E-state index is 5.74. The van der Waals surface area contributed by atoms with Gasteiger partial charge in [-0.1, -0.05) is 6.07 Å². The van der Waals surface area contributed by atoms with Gasteiger partial charge in [-0.25, -0.2) is 14.3 Å². The lowest BCUT2D eigenvalue weighted by Gasteiger charge is -2.05. The highest BCUT2D eigenvalue weighted by atomic mass is 79.9. The number of aryl methyl sites for hydroxylation is 1. The van der Waals surface area contributed by atoms with Gasteiger partial charge < -0.3 is 5.73 Å². The van der Waals surface area contributed by atoms with Crippen LogP contribution in [0, 0.1) is 6.92 Å². The van der Waals surface area contributed by atoms with Gasteiger partial charge in [0, 0.05) is 16.9 Å². The van der Waals surface area contributed by atoms with Crippen LogP contribution in [0.2, 0.25) is 0 Å². The molecule has 0 aliphatic heterocycles. The van der Waals surface area contributed by atoms with Crippen LogP contribution in [0.1, 0.15) is 11.3 Å². The van der Waals surface area contributed by atoms with Crippen LogP contribution in [-0.4, -0.2) is 25.7 Å². The molecule has 0 saturated carbocycles. The lowest BCUT2D eigenvalue weighted by Crippen LogP contribution is -1.98. The maximum Gasteiger partial charge on any atom is 0.221 e. The first kappa shape index (κ1) is 13.6. The Bertz CT molecular complexity index is 788. The minimum atomic E-state index is 0.371. The Kier molecular flexibility index (Phi) is 3.57. The summed E-state index contributed by atoms with van der Waals surface area (Å²) < 4.78 is 4.28. The molecule has 0 spiro atoms. The molecule has 0 aliphatic rings. The van der Waals surface area contributed by atoms with E-state index in [-0.39, 0.29) is 0 Å². The van der Waals surface area contributed by atoms with E-state index in [0.29, 0.717) is 5.95 Å². The summed E-state index contributed by atoms with van der Waals surface area (Å²) in [6.45, 7) is 1.87. The van der Waals surface area contributed by atoms with Gasteiger partial charge in [-0.3, -0.25) is 0 Å². The van der Waals surface area contributed by atoms with Crippen molar-refractivity contribution in [2.75, 3.05) is 5.73 Å². The molecular weight excluding hydrogens is 332 g/mol. The molecule has 3 aromatic rings. The third-order valence-corrected chi connectivity index (χ3v) is 3.52. The van der Waals surface area contributed by atoms with Gasteiger partial charge in [0.1, 0.15) is 0 Å². The Morgan fingerprint density at radius 3 is 2.86 bits per heavy atom. The van der Waals surface area contributed by atoms with Crippen molar-refractivity contribution < 1.29 is 0 Å². The molecule has 0 amide bonds. The fourth-order valence-electron chi connectivity index (χ4n) is 1.93. The summed E-state index contributed by atoms with van der Waals surface area (Å²) in [6, 6.07) is 7.79. The van der Waals surface area contributed by atoms with Crippen molar-refractivity contribution in [2.24, 2.45) is 5.10 Å². The van der Waals surface area contributed by atoms with Crippen molar-refractivity contribution in [3.8, 4) is 5.69 Å². The second-order valence-electron chi connectivity index (χ2n) is 4.49. The molecule has 0 atom stereocenters. The van der Waals surface area contributed by atoms with Crippen LogP contribution in [-0.2, 0) is 0 Å². The molecular formula is C14H13BrN6. The summed E-state index contributed by atoms with van der Waals surface area (Å²) in [5.41, 5.74) is 8.49. The monoisotopic (exact) mass is 344 g/mol. The van der Waals surface area contributed by atoms with Crippen LogP contribution in [0.3, 0.4) is 0 Å². The van der Waals surface area contributed by atoms with E-state index in [0.717, 1.165) is 21.4 Å². The Balaban J connectivity index is 1.87. The Hall–Kier alpha value is -2.41. The van der Waals surface area contributed by atoms with E-state index in [1.54, 1.807) is 28.0 Å². The summed E-state index contributed by atoms with van der Waals surface area (Å²) in [4.78, 5) is 4.09. The number of hydrogen-bond acceptors (Lipinski definition) is 4. The molecule has 0 bridgehead atoms. The van der Waals surface area contributed by atoms with Gasteiger partial charge >= 0.3 is 0 Å². The zero-order valence-electron chi connectivity index (χ0n) is 11.3. The normalized spacial score (nSPS) is 11.3. The first-order valence-electron chi connectivity index (χ1n) is 6.29. The number of rotatable bonds is 3. The van der Waals surface area contributed by atoms with Crippen molar-refractivity contribution in [3.63, 3.8) is 0 Å². The summed E-state index contributed by atoms with van der Waals surface area (Å²) in [5.74, 6) is 0.371. The molecule has 6 nitrogen and oxygen atoms in total. The number of imidazole rings is 1. The van der Waals surface area contributed by atoms with E-state index in [2.05, 4.69) is 31.1 Å². The van der Waals surface area contributed by atoms with Gasteiger partial charge in [0.25, 0.3) is 0 Å². The summed E-state index contributed by atoms with van der Waals surface area (Å²) in [7, 11) is 0. The molecule has 0 saturated heterocycles. The van der Waals surface area contributed by atoms with Gasteiger partial charge in [-0.15, -0.1) is 0 Å². The van der Waals surface area contributed by atoms with Crippen molar-refractivity contribution in [3.05, 3.63) is 58.6 Å². The van der Waals surface area contributed by atoms with Crippen LogP contribution in [0.5, 0.6) is 0 Å². The number of halogens is 1. The number of anilines is 1. The van der Waals surface area contributed by atoms with Crippen molar-refractivity contribution in [2.45, 2.75) is 6.92 Å². The van der Waals surface area contributed by atoms with Gasteiger partial charge in [0.15, 0.2) is 0 Å². The van der Waals surface area contributed by atoms with Gasteiger partial charge in [0.2, 0.25) is 5.95 Å². The standard InChI is InChI=1S/C14H13BrN6/c1-10-9-21(14(16)19-10)18-8-11-3-4-13(12(15)7-11)20-6-2-5-17-20/h2-9H,1H3,(H2,16,19). The molecule has 21 heavy (non-hydrogen) atoms. The van der Waals surface area contributed by atoms with Crippen molar-refractivity contribution in [1.82, 2.24) is 19.4 Å². The lowest BCUT2D eigenvalue weighted by atomic mass is 10.2. The lowest BCUT2D eigenvalue weighted by molar-refractivity contribution is 0.875. The highest BCUT2D eigenvalue weighted by molar-refractivity contribution is 9.10. The Morgan fingerprint density at radius 1 is 1.38 bits per heavy atom. The zero-order valence-corrected chi connectivity index (χ0v) is 12.9. The number of aromatic nitrogens is 4. The number of nitrogens with two attached hydrogens (primary N) is 1. The average molecular weight is 345 g/mol. The van der Waals surface area contributed by atoms with Crippen molar-refractivity contribution >= 4 is 28.1 Å². The zero-order chi connectivity index (χ0) is 14.8. The predicted molar refractivity (Wildman–Crippen MR) is 85.6 cm³/mol. The topological polar surface area (TPSA) is 74.0 Å². The van der Waals surface area contributed by atoms with Crippen LogP contribution < -0.4 is 5.73 Å². The fourth-order valence-corrected chi connectivity index (χ4v) is 2.50. The van der Waals surface area contributed by atoms with Crippen LogP contribution >= 0.6 is 15.9 Å². The second kappa shape index (κ2) is 5.53. The smallest absolute Gasteiger partial charge is 0.221 e. The van der Waals surface area contributed by atoms with E-state index < -0.39 is 0 Å². The van der Waals surface area contributed by atoms with E-state index in [1.165, 1.54) is 0 Å². The maximum atomic E-state index is 5.74. The first-order chi connectivity index (χ1) is 10.1. The van der Waals surface area contributed by atoms with E-state index >= 15 is 0 Å². The molecule has 0 unspecified atom stereocenters. The quantitative estimate of drug-likeness (QED) is 0.742.